The summed E-state index contributed by atoms with van der Waals surface area (Å²) in [6.45, 7) is 1.74. The highest BCUT2D eigenvalue weighted by molar-refractivity contribution is 8.06. The Balaban J connectivity index is 1.56. The maximum atomic E-state index is 13.1. The molecule has 7 N–H and O–H groups in total. The van der Waals surface area contributed by atoms with Crippen LogP contribution in [-0.2, 0) is 19.2 Å². The standard InChI is InChI=1S/C22H24N8O6S4/c1-2-37-18(27-13(31)5-23)9-6-25-4-3-11(9)40-12-8-38-20-15(19(33)30(20)16(12)21(34)35)28-17(32)14(29-36)10-7-39-22(24)26-10/h3-4,6-7,14-15,18,20H,2,5,8,23H2,1H3,(H2,24,26)(H,27,31)(H,28,32)(H,34,35)/t14?,15-,18?,20+/m1/s1. The molecule has 3 amide bonds. The number of carboxylic acids is 1. The topological polar surface area (TPSA) is 223 Å². The molecule has 1 saturated heterocycles. The lowest BCUT2D eigenvalue weighted by molar-refractivity contribution is -0.150. The predicted octanol–water partition coefficient (Wildman–Crippen LogP) is 1.24. The molecule has 212 valence electrons. The lowest BCUT2D eigenvalue weighted by Gasteiger charge is -2.49. The molecule has 4 atom stereocenters. The molecule has 14 nitrogen and oxygen atoms in total. The minimum Gasteiger partial charge on any atom is -0.477 e. The maximum Gasteiger partial charge on any atom is 0.353 e. The molecule has 0 spiro atoms. The van der Waals surface area contributed by atoms with E-state index < -0.39 is 40.6 Å². The van der Waals surface area contributed by atoms with Crippen molar-refractivity contribution < 1.29 is 24.3 Å². The first kappa shape index (κ1) is 29.8. The Bertz CT molecular complexity index is 1370. The van der Waals surface area contributed by atoms with Crippen LogP contribution >= 0.6 is 46.6 Å². The number of carbonyl (C=O) groups excluding carboxylic acids is 3. The molecule has 4 heterocycles. The number of carboxylic acid groups (broad SMARTS) is 1. The summed E-state index contributed by atoms with van der Waals surface area (Å²) in [6, 6.07) is -0.838. The zero-order valence-electron chi connectivity index (χ0n) is 20.8. The van der Waals surface area contributed by atoms with Gasteiger partial charge in [-0.3, -0.25) is 24.3 Å². The normalized spacial score (nSPS) is 19.8. The Labute approximate surface area is 244 Å². The summed E-state index contributed by atoms with van der Waals surface area (Å²) in [5.41, 5.74) is 11.6. The van der Waals surface area contributed by atoms with Gasteiger partial charge < -0.3 is 27.2 Å². The minimum atomic E-state index is -1.50. The fraction of sp³-hybridized carbons (Fsp3) is 0.364. The van der Waals surface area contributed by atoms with Crippen LogP contribution in [-0.4, -0.2) is 73.1 Å². The van der Waals surface area contributed by atoms with Gasteiger partial charge in [-0.1, -0.05) is 18.7 Å². The Morgan fingerprint density at radius 1 is 1.38 bits per heavy atom. The van der Waals surface area contributed by atoms with Crippen LogP contribution < -0.4 is 22.1 Å². The van der Waals surface area contributed by atoms with Gasteiger partial charge in [0.25, 0.3) is 11.8 Å². The maximum absolute atomic E-state index is 13.1. The average molecular weight is 625 g/mol. The number of anilines is 1. The lowest BCUT2D eigenvalue weighted by atomic mass is 10.0. The van der Waals surface area contributed by atoms with Crippen molar-refractivity contribution in [2.45, 2.75) is 34.7 Å². The third-order valence-corrected chi connectivity index (χ3v) is 10.1. The van der Waals surface area contributed by atoms with E-state index in [0.717, 1.165) is 16.2 Å². The molecular formula is C22H24N8O6S4. The number of nitrogens with zero attached hydrogens (tertiary/aromatic N) is 4. The molecule has 2 aliphatic heterocycles. The number of hydrogen-bond acceptors (Lipinski definition) is 14. The van der Waals surface area contributed by atoms with Crippen LogP contribution in [0.3, 0.4) is 0 Å². The monoisotopic (exact) mass is 624 g/mol. The molecule has 0 aliphatic carbocycles. The van der Waals surface area contributed by atoms with Gasteiger partial charge in [0.2, 0.25) is 11.9 Å². The van der Waals surface area contributed by atoms with Crippen molar-refractivity contribution in [3.63, 3.8) is 0 Å². The molecule has 0 radical (unpaired) electrons. The molecule has 2 aromatic rings. The number of β-lactam (4-membered cyclic amide) rings is 1. The van der Waals surface area contributed by atoms with E-state index in [0.29, 0.717) is 21.1 Å². The second kappa shape index (κ2) is 13.0. The fourth-order valence-corrected chi connectivity index (χ4v) is 8.13. The predicted molar refractivity (Wildman–Crippen MR) is 153 cm³/mol. The zero-order chi connectivity index (χ0) is 29.0. The molecule has 2 unspecified atom stereocenters. The van der Waals surface area contributed by atoms with Crippen molar-refractivity contribution in [3.8, 4) is 0 Å². The van der Waals surface area contributed by atoms with Crippen LogP contribution in [0.25, 0.3) is 0 Å². The molecule has 0 bridgehead atoms. The summed E-state index contributed by atoms with van der Waals surface area (Å²) in [7, 11) is 0. The Morgan fingerprint density at radius 3 is 2.77 bits per heavy atom. The van der Waals surface area contributed by atoms with E-state index in [-0.39, 0.29) is 34.7 Å². The van der Waals surface area contributed by atoms with Crippen molar-refractivity contribution in [2.24, 2.45) is 10.9 Å². The number of amides is 3. The first-order chi connectivity index (χ1) is 19.2. The SMILES string of the molecule is CCSC(NC(=O)CN)c1cnccc1SC1=C(C(=O)O)N2C(=O)[C@@H](NC(=O)C(N=O)c3csc(N)n3)[C@@H]2SC1. The van der Waals surface area contributed by atoms with Gasteiger partial charge in [0.05, 0.1) is 12.2 Å². The third kappa shape index (κ3) is 6.09. The summed E-state index contributed by atoms with van der Waals surface area (Å²) in [5.74, 6) is -2.21. The van der Waals surface area contributed by atoms with E-state index in [9.17, 15) is 29.2 Å². The van der Waals surface area contributed by atoms with Gasteiger partial charge in [0.15, 0.2) is 5.13 Å². The zero-order valence-corrected chi connectivity index (χ0v) is 24.1. The molecule has 0 saturated carbocycles. The first-order valence-electron chi connectivity index (χ1n) is 11.7. The molecule has 2 aromatic heterocycles. The summed E-state index contributed by atoms with van der Waals surface area (Å²) in [5, 5.41) is 18.7. The molecular weight excluding hydrogens is 601 g/mol. The Kier molecular flexibility index (Phi) is 9.67. The number of fused-ring (bicyclic) bond motifs is 1. The largest absolute Gasteiger partial charge is 0.477 e. The minimum absolute atomic E-state index is 0.0649. The van der Waals surface area contributed by atoms with E-state index in [2.05, 4.69) is 25.8 Å². The van der Waals surface area contributed by atoms with Crippen LogP contribution in [0.5, 0.6) is 0 Å². The summed E-state index contributed by atoms with van der Waals surface area (Å²) >= 11 is 4.93. The number of nitroso groups, excluding NO2 is 1. The average Bonchev–Trinajstić information content (AvgIpc) is 3.37. The van der Waals surface area contributed by atoms with Gasteiger partial charge in [-0.15, -0.1) is 39.8 Å². The van der Waals surface area contributed by atoms with Crippen LogP contribution in [0.15, 0.2) is 44.5 Å². The van der Waals surface area contributed by atoms with Crippen LogP contribution in [0, 0.1) is 4.91 Å². The highest BCUT2D eigenvalue weighted by Gasteiger charge is 2.55. The summed E-state index contributed by atoms with van der Waals surface area (Å²) in [4.78, 5) is 71.8. The van der Waals surface area contributed by atoms with E-state index in [1.165, 1.54) is 40.7 Å². The number of hydrogen-bond donors (Lipinski definition) is 5. The molecule has 40 heavy (non-hydrogen) atoms. The number of aliphatic carboxylic acids is 1. The van der Waals surface area contributed by atoms with Crippen LogP contribution in [0.4, 0.5) is 5.13 Å². The number of nitrogen functional groups attached to an aromatic ring is 1. The van der Waals surface area contributed by atoms with E-state index in [1.807, 2.05) is 6.92 Å². The number of thioether (sulfide) groups is 3. The van der Waals surface area contributed by atoms with Gasteiger partial charge >= 0.3 is 5.97 Å². The Hall–Kier alpha value is -3.19. The van der Waals surface area contributed by atoms with Gasteiger partial charge in [-0.2, -0.15) is 0 Å². The summed E-state index contributed by atoms with van der Waals surface area (Å²) in [6.07, 6.45) is 3.15. The number of nitrogens with one attached hydrogen (secondary N) is 2. The third-order valence-electron chi connectivity index (χ3n) is 5.74. The highest BCUT2D eigenvalue weighted by atomic mass is 32.2. The highest BCUT2D eigenvalue weighted by Crippen LogP contribution is 2.46. The quantitative estimate of drug-likeness (QED) is 0.127. The van der Waals surface area contributed by atoms with Gasteiger partial charge in [0.1, 0.15) is 22.5 Å². The van der Waals surface area contributed by atoms with Crippen LogP contribution in [0.2, 0.25) is 0 Å². The smallest absolute Gasteiger partial charge is 0.353 e. The molecule has 2 aliphatic rings. The second-order valence-corrected chi connectivity index (χ2v) is 12.7. The van der Waals surface area contributed by atoms with Crippen molar-refractivity contribution in [2.75, 3.05) is 23.8 Å². The Morgan fingerprint density at radius 2 is 2.15 bits per heavy atom. The number of pyridine rings is 1. The van der Waals surface area contributed by atoms with Crippen molar-refractivity contribution in [1.29, 1.82) is 0 Å². The number of aromatic nitrogens is 2. The van der Waals surface area contributed by atoms with Gasteiger partial charge in [0, 0.05) is 38.9 Å². The summed E-state index contributed by atoms with van der Waals surface area (Å²) < 4.78 is 0. The lowest BCUT2D eigenvalue weighted by Crippen LogP contribution is -2.70. The molecule has 0 aromatic carbocycles. The molecule has 4 rings (SSSR count). The second-order valence-electron chi connectivity index (χ2n) is 8.21. The fourth-order valence-electron chi connectivity index (χ4n) is 3.96. The van der Waals surface area contributed by atoms with Crippen molar-refractivity contribution >= 4 is 75.4 Å². The molecule has 1 fully saturated rings. The van der Waals surface area contributed by atoms with Crippen molar-refractivity contribution in [1.82, 2.24) is 25.5 Å². The van der Waals surface area contributed by atoms with Crippen LogP contribution in [0.1, 0.15) is 29.6 Å². The van der Waals surface area contributed by atoms with E-state index >= 15 is 0 Å². The number of thiazole rings is 1. The number of rotatable bonds is 12. The van der Waals surface area contributed by atoms with Gasteiger partial charge in [-0.05, 0) is 17.0 Å². The van der Waals surface area contributed by atoms with Gasteiger partial charge in [-0.25, -0.2) is 9.78 Å². The molecule has 18 heteroatoms. The van der Waals surface area contributed by atoms with Crippen molar-refractivity contribution in [3.05, 3.63) is 50.6 Å². The first-order valence-corrected chi connectivity index (χ1v) is 15.5. The van der Waals surface area contributed by atoms with E-state index in [1.54, 1.807) is 18.5 Å². The number of carbonyl (C=O) groups is 4. The number of nitrogens with two attached hydrogens (primary N) is 2. The van der Waals surface area contributed by atoms with E-state index in [4.69, 9.17) is 11.5 Å².